The van der Waals surface area contributed by atoms with Gasteiger partial charge in [0.1, 0.15) is 4.88 Å². The molecule has 132 valence electrons. The van der Waals surface area contributed by atoms with E-state index in [0.29, 0.717) is 5.92 Å². The van der Waals surface area contributed by atoms with Crippen molar-refractivity contribution in [3.05, 3.63) is 34.9 Å². The minimum absolute atomic E-state index is 0.380. The van der Waals surface area contributed by atoms with Gasteiger partial charge in [-0.1, -0.05) is 9.64 Å². The zero-order valence-corrected chi connectivity index (χ0v) is 15.6. The van der Waals surface area contributed by atoms with Crippen molar-refractivity contribution in [3.8, 4) is 10.6 Å². The number of piperidine rings is 1. The standard InChI is InChI=1S/C17H22N6OS/c1-11-7-15(24-20-11)17-16(18-21-25-17)13-5-4-6-23(9-13)10-14-8-22(3)19-12(14)2/h7-8,13H,4-6,9-10H2,1-3H3. The van der Waals surface area contributed by atoms with Gasteiger partial charge in [0.15, 0.2) is 5.76 Å². The molecule has 1 unspecified atom stereocenters. The van der Waals surface area contributed by atoms with Crippen LogP contribution in [0.4, 0.5) is 0 Å². The van der Waals surface area contributed by atoms with Gasteiger partial charge in [0, 0.05) is 43.9 Å². The van der Waals surface area contributed by atoms with E-state index in [1.54, 1.807) is 0 Å². The summed E-state index contributed by atoms with van der Waals surface area (Å²) in [6, 6.07) is 1.96. The molecule has 0 saturated carbocycles. The highest BCUT2D eigenvalue weighted by molar-refractivity contribution is 7.09. The van der Waals surface area contributed by atoms with E-state index in [9.17, 15) is 0 Å². The van der Waals surface area contributed by atoms with Crippen LogP contribution >= 0.6 is 11.5 Å². The predicted octanol–water partition coefficient (Wildman–Crippen LogP) is 2.92. The topological polar surface area (TPSA) is 72.9 Å². The fourth-order valence-corrected chi connectivity index (χ4v) is 4.27. The van der Waals surface area contributed by atoms with Gasteiger partial charge >= 0.3 is 0 Å². The lowest BCUT2D eigenvalue weighted by atomic mass is 9.93. The number of aryl methyl sites for hydroxylation is 3. The highest BCUT2D eigenvalue weighted by atomic mass is 32.1. The summed E-state index contributed by atoms with van der Waals surface area (Å²) in [5, 5.41) is 12.9. The molecule has 4 rings (SSSR count). The van der Waals surface area contributed by atoms with Crippen LogP contribution in [0.3, 0.4) is 0 Å². The second-order valence-electron chi connectivity index (χ2n) is 6.81. The van der Waals surface area contributed by atoms with Crippen molar-refractivity contribution in [3.63, 3.8) is 0 Å². The van der Waals surface area contributed by atoms with Crippen molar-refractivity contribution < 1.29 is 4.52 Å². The van der Waals surface area contributed by atoms with Crippen LogP contribution in [0.5, 0.6) is 0 Å². The van der Waals surface area contributed by atoms with E-state index in [1.807, 2.05) is 24.7 Å². The van der Waals surface area contributed by atoms with Crippen molar-refractivity contribution in [2.45, 2.75) is 39.2 Å². The lowest BCUT2D eigenvalue weighted by molar-refractivity contribution is 0.198. The van der Waals surface area contributed by atoms with Crippen molar-refractivity contribution >= 4 is 11.5 Å². The Morgan fingerprint density at radius 3 is 2.96 bits per heavy atom. The second-order valence-corrected chi connectivity index (χ2v) is 7.56. The van der Waals surface area contributed by atoms with Gasteiger partial charge in [-0.15, -0.1) is 5.10 Å². The molecule has 0 amide bonds. The SMILES string of the molecule is Cc1cc(-c2snnc2C2CCCN(Cc3cn(C)nc3C)C2)on1. The van der Waals surface area contributed by atoms with E-state index in [0.717, 1.165) is 60.2 Å². The summed E-state index contributed by atoms with van der Waals surface area (Å²) in [6.07, 6.45) is 4.41. The van der Waals surface area contributed by atoms with Crippen LogP contribution in [0.1, 0.15) is 41.4 Å². The van der Waals surface area contributed by atoms with Crippen LogP contribution in [-0.2, 0) is 13.6 Å². The zero-order valence-electron chi connectivity index (χ0n) is 14.8. The first-order valence-electron chi connectivity index (χ1n) is 8.57. The van der Waals surface area contributed by atoms with E-state index in [4.69, 9.17) is 4.52 Å². The molecule has 3 aromatic heterocycles. The summed E-state index contributed by atoms with van der Waals surface area (Å²) in [5.74, 6) is 1.16. The zero-order chi connectivity index (χ0) is 17.4. The molecule has 4 heterocycles. The average molecular weight is 358 g/mol. The van der Waals surface area contributed by atoms with Crippen molar-refractivity contribution in [2.75, 3.05) is 13.1 Å². The molecule has 0 N–H and O–H groups in total. The quantitative estimate of drug-likeness (QED) is 0.714. The van der Waals surface area contributed by atoms with E-state index in [2.05, 4.69) is 37.9 Å². The van der Waals surface area contributed by atoms with Gasteiger partial charge in [-0.05, 0) is 44.8 Å². The van der Waals surface area contributed by atoms with Crippen LogP contribution in [0.2, 0.25) is 0 Å². The van der Waals surface area contributed by atoms with Gasteiger partial charge in [-0.25, -0.2) is 0 Å². The number of hydrogen-bond acceptors (Lipinski definition) is 7. The third kappa shape index (κ3) is 3.36. The Labute approximate surface area is 150 Å². The van der Waals surface area contributed by atoms with E-state index < -0.39 is 0 Å². The fraction of sp³-hybridized carbons (Fsp3) is 0.529. The summed E-state index contributed by atoms with van der Waals surface area (Å²) in [6.45, 7) is 7.04. The monoisotopic (exact) mass is 358 g/mol. The molecule has 0 aromatic carbocycles. The second kappa shape index (κ2) is 6.68. The van der Waals surface area contributed by atoms with Crippen molar-refractivity contribution in [2.24, 2.45) is 7.05 Å². The van der Waals surface area contributed by atoms with Crippen LogP contribution < -0.4 is 0 Å². The third-order valence-corrected chi connectivity index (χ3v) is 5.52. The highest BCUT2D eigenvalue weighted by Crippen LogP contribution is 2.35. The molecular formula is C17H22N6OS. The molecular weight excluding hydrogens is 336 g/mol. The van der Waals surface area contributed by atoms with Crippen LogP contribution in [0, 0.1) is 13.8 Å². The summed E-state index contributed by atoms with van der Waals surface area (Å²) < 4.78 is 11.5. The average Bonchev–Trinajstić information content (AvgIpc) is 3.28. The van der Waals surface area contributed by atoms with E-state index >= 15 is 0 Å². The number of nitrogens with zero attached hydrogens (tertiary/aromatic N) is 6. The molecule has 3 aromatic rings. The Bertz CT molecular complexity index is 866. The van der Waals surface area contributed by atoms with Crippen LogP contribution in [0.25, 0.3) is 10.6 Å². The molecule has 0 aliphatic carbocycles. The Hall–Kier alpha value is -2.06. The maximum Gasteiger partial charge on any atom is 0.180 e. The summed E-state index contributed by atoms with van der Waals surface area (Å²) in [4.78, 5) is 3.51. The van der Waals surface area contributed by atoms with Crippen LogP contribution in [-0.4, -0.2) is 42.5 Å². The molecule has 8 heteroatoms. The molecule has 1 aliphatic rings. The van der Waals surface area contributed by atoms with Gasteiger partial charge in [0.25, 0.3) is 0 Å². The summed E-state index contributed by atoms with van der Waals surface area (Å²) >= 11 is 1.39. The highest BCUT2D eigenvalue weighted by Gasteiger charge is 2.28. The van der Waals surface area contributed by atoms with Gasteiger partial charge in [0.2, 0.25) is 0 Å². The largest absolute Gasteiger partial charge is 0.355 e. The van der Waals surface area contributed by atoms with Crippen molar-refractivity contribution in [1.29, 1.82) is 0 Å². The number of aromatic nitrogens is 5. The fourth-order valence-electron chi connectivity index (χ4n) is 3.57. The van der Waals surface area contributed by atoms with Gasteiger partial charge in [0.05, 0.1) is 17.1 Å². The first-order valence-corrected chi connectivity index (χ1v) is 9.35. The Morgan fingerprint density at radius 1 is 1.36 bits per heavy atom. The first kappa shape index (κ1) is 16.4. The van der Waals surface area contributed by atoms with E-state index in [1.165, 1.54) is 17.1 Å². The minimum Gasteiger partial charge on any atom is -0.355 e. The Balaban J connectivity index is 1.52. The van der Waals surface area contributed by atoms with E-state index in [-0.39, 0.29) is 0 Å². The molecule has 0 bridgehead atoms. The third-order valence-electron chi connectivity index (χ3n) is 4.77. The predicted molar refractivity (Wildman–Crippen MR) is 95.3 cm³/mol. The lowest BCUT2D eigenvalue weighted by Gasteiger charge is -2.31. The normalized spacial score (nSPS) is 18.8. The summed E-state index contributed by atoms with van der Waals surface area (Å²) in [7, 11) is 1.97. The molecule has 0 spiro atoms. The molecule has 25 heavy (non-hydrogen) atoms. The molecule has 7 nitrogen and oxygen atoms in total. The number of likely N-dealkylation sites (tertiary alicyclic amines) is 1. The van der Waals surface area contributed by atoms with Crippen LogP contribution in [0.15, 0.2) is 16.8 Å². The molecule has 0 radical (unpaired) electrons. The van der Waals surface area contributed by atoms with Gasteiger partial charge in [-0.2, -0.15) is 5.10 Å². The summed E-state index contributed by atoms with van der Waals surface area (Å²) in [5.41, 5.74) is 4.34. The molecule has 1 atom stereocenters. The van der Waals surface area contributed by atoms with Crippen molar-refractivity contribution in [1.82, 2.24) is 29.4 Å². The first-order chi connectivity index (χ1) is 12.1. The smallest absolute Gasteiger partial charge is 0.180 e. The molecule has 1 fully saturated rings. The Morgan fingerprint density at radius 2 is 2.24 bits per heavy atom. The van der Waals surface area contributed by atoms with Gasteiger partial charge < -0.3 is 4.52 Å². The maximum atomic E-state index is 5.44. The molecule has 1 saturated heterocycles. The molecule has 1 aliphatic heterocycles. The minimum atomic E-state index is 0.380. The maximum absolute atomic E-state index is 5.44. The lowest BCUT2D eigenvalue weighted by Crippen LogP contribution is -2.34. The number of rotatable bonds is 4. The Kier molecular flexibility index (Phi) is 4.39. The number of hydrogen-bond donors (Lipinski definition) is 0. The van der Waals surface area contributed by atoms with Gasteiger partial charge in [-0.3, -0.25) is 9.58 Å².